The van der Waals surface area contributed by atoms with Gasteiger partial charge in [-0.15, -0.1) is 0 Å². The van der Waals surface area contributed by atoms with E-state index in [2.05, 4.69) is 35.3 Å². The van der Waals surface area contributed by atoms with Crippen LogP contribution in [0.15, 0.2) is 48.8 Å². The van der Waals surface area contributed by atoms with Gasteiger partial charge < -0.3 is 5.73 Å². The molecule has 2 aromatic rings. The lowest BCUT2D eigenvalue weighted by Crippen LogP contribution is -2.42. The predicted molar refractivity (Wildman–Crippen MR) is 73.2 cm³/mol. The summed E-state index contributed by atoms with van der Waals surface area (Å²) in [5.74, 6) is 0. The van der Waals surface area contributed by atoms with Crippen molar-refractivity contribution in [1.82, 2.24) is 4.98 Å². The average Bonchev–Trinajstić information content (AvgIpc) is 2.40. The van der Waals surface area contributed by atoms with Gasteiger partial charge in [0.05, 0.1) is 0 Å². The summed E-state index contributed by atoms with van der Waals surface area (Å²) < 4.78 is 0. The van der Waals surface area contributed by atoms with Crippen LogP contribution in [-0.4, -0.2) is 4.98 Å². The lowest BCUT2D eigenvalue weighted by Gasteiger charge is -2.36. The van der Waals surface area contributed by atoms with Gasteiger partial charge >= 0.3 is 0 Å². The Morgan fingerprint density at radius 3 is 2.89 bits per heavy atom. The zero-order valence-corrected chi connectivity index (χ0v) is 10.5. The monoisotopic (exact) mass is 238 g/mol. The molecule has 1 heterocycles. The van der Waals surface area contributed by atoms with Crippen LogP contribution in [0.25, 0.3) is 0 Å². The van der Waals surface area contributed by atoms with Crippen LogP contribution in [0.3, 0.4) is 0 Å². The molecule has 0 amide bonds. The fourth-order valence-corrected chi connectivity index (χ4v) is 3.00. The van der Waals surface area contributed by atoms with Crippen LogP contribution in [0.5, 0.6) is 0 Å². The highest BCUT2D eigenvalue weighted by Crippen LogP contribution is 2.35. The molecule has 0 bridgehead atoms. The molecule has 1 aromatic heterocycles. The molecule has 1 aliphatic carbocycles. The molecule has 1 aliphatic rings. The third-order valence-corrected chi connectivity index (χ3v) is 3.87. The molecule has 0 saturated heterocycles. The number of fused-ring (bicyclic) bond motifs is 1. The summed E-state index contributed by atoms with van der Waals surface area (Å²) >= 11 is 0. The first-order chi connectivity index (χ1) is 8.78. The van der Waals surface area contributed by atoms with Crippen LogP contribution in [0.2, 0.25) is 0 Å². The second-order valence-corrected chi connectivity index (χ2v) is 5.20. The molecule has 0 saturated carbocycles. The van der Waals surface area contributed by atoms with Gasteiger partial charge in [-0.05, 0) is 48.4 Å². The number of aromatic nitrogens is 1. The predicted octanol–water partition coefficient (Wildman–Crippen LogP) is 2.81. The van der Waals surface area contributed by atoms with Gasteiger partial charge in [0.15, 0.2) is 0 Å². The van der Waals surface area contributed by atoms with Crippen LogP contribution >= 0.6 is 0 Å². The molecule has 0 radical (unpaired) electrons. The molecule has 18 heavy (non-hydrogen) atoms. The Bertz CT molecular complexity index is 536. The quantitative estimate of drug-likeness (QED) is 0.873. The second-order valence-electron chi connectivity index (χ2n) is 5.20. The van der Waals surface area contributed by atoms with Crippen molar-refractivity contribution >= 4 is 0 Å². The molecule has 1 atom stereocenters. The van der Waals surface area contributed by atoms with Crippen molar-refractivity contribution in [1.29, 1.82) is 0 Å². The van der Waals surface area contributed by atoms with Gasteiger partial charge in [-0.1, -0.05) is 30.3 Å². The van der Waals surface area contributed by atoms with E-state index in [1.807, 2.05) is 18.5 Å². The van der Waals surface area contributed by atoms with Crippen molar-refractivity contribution < 1.29 is 0 Å². The maximum Gasteiger partial charge on any atom is 0.0453 e. The van der Waals surface area contributed by atoms with Gasteiger partial charge in [0.1, 0.15) is 0 Å². The number of rotatable bonds is 2. The van der Waals surface area contributed by atoms with E-state index >= 15 is 0 Å². The first-order valence-corrected chi connectivity index (χ1v) is 6.54. The van der Waals surface area contributed by atoms with Crippen LogP contribution in [0, 0.1) is 0 Å². The Kier molecular flexibility index (Phi) is 2.88. The summed E-state index contributed by atoms with van der Waals surface area (Å²) in [6, 6.07) is 12.7. The molecule has 1 unspecified atom stereocenters. The largest absolute Gasteiger partial charge is 0.321 e. The molecule has 0 spiro atoms. The number of pyridine rings is 1. The van der Waals surface area contributed by atoms with Gasteiger partial charge in [0.25, 0.3) is 0 Å². The number of hydrogen-bond acceptors (Lipinski definition) is 2. The fraction of sp³-hybridized carbons (Fsp3) is 0.312. The number of benzene rings is 1. The van der Waals surface area contributed by atoms with E-state index < -0.39 is 0 Å². The smallest absolute Gasteiger partial charge is 0.0453 e. The minimum absolute atomic E-state index is 0.224. The maximum atomic E-state index is 6.67. The Hall–Kier alpha value is -1.67. The van der Waals surface area contributed by atoms with Crippen molar-refractivity contribution in [2.75, 3.05) is 0 Å². The van der Waals surface area contributed by atoms with E-state index in [1.54, 1.807) is 0 Å². The summed E-state index contributed by atoms with van der Waals surface area (Å²) in [6.07, 6.45) is 7.99. The first kappa shape index (κ1) is 11.4. The molecule has 2 N–H and O–H groups in total. The minimum Gasteiger partial charge on any atom is -0.321 e. The SMILES string of the molecule is NC1(Cc2cccnc2)CCCc2ccccc21. The number of nitrogens with two attached hydrogens (primary N) is 1. The summed E-state index contributed by atoms with van der Waals surface area (Å²) in [5, 5.41) is 0. The summed E-state index contributed by atoms with van der Waals surface area (Å²) in [7, 11) is 0. The highest BCUT2D eigenvalue weighted by molar-refractivity contribution is 5.37. The highest BCUT2D eigenvalue weighted by atomic mass is 14.8. The van der Waals surface area contributed by atoms with Crippen LogP contribution in [0.1, 0.15) is 29.5 Å². The Balaban J connectivity index is 1.96. The number of nitrogens with zero attached hydrogens (tertiary/aromatic N) is 1. The van der Waals surface area contributed by atoms with Crippen molar-refractivity contribution in [3.63, 3.8) is 0 Å². The molecule has 92 valence electrons. The molecule has 0 aliphatic heterocycles. The zero-order valence-electron chi connectivity index (χ0n) is 10.5. The Labute approximate surface area is 108 Å². The van der Waals surface area contributed by atoms with E-state index in [0.717, 1.165) is 19.3 Å². The van der Waals surface area contributed by atoms with Gasteiger partial charge in [0.2, 0.25) is 0 Å². The van der Waals surface area contributed by atoms with Crippen molar-refractivity contribution in [3.8, 4) is 0 Å². The Morgan fingerprint density at radius 1 is 1.17 bits per heavy atom. The lowest BCUT2D eigenvalue weighted by atomic mass is 9.74. The Morgan fingerprint density at radius 2 is 2.06 bits per heavy atom. The van der Waals surface area contributed by atoms with Crippen molar-refractivity contribution in [2.45, 2.75) is 31.2 Å². The van der Waals surface area contributed by atoms with Gasteiger partial charge in [0, 0.05) is 17.9 Å². The summed E-state index contributed by atoms with van der Waals surface area (Å²) in [6.45, 7) is 0. The standard InChI is InChI=1S/C16H18N2/c17-16(11-13-5-4-10-18-12-13)9-3-7-14-6-1-2-8-15(14)16/h1-2,4-6,8,10,12H,3,7,9,11,17H2. The molecular weight excluding hydrogens is 220 g/mol. The van der Waals surface area contributed by atoms with Gasteiger partial charge in [-0.2, -0.15) is 0 Å². The number of hydrogen-bond donors (Lipinski definition) is 1. The van der Waals surface area contributed by atoms with Crippen LogP contribution in [-0.2, 0) is 18.4 Å². The van der Waals surface area contributed by atoms with Crippen LogP contribution in [0.4, 0.5) is 0 Å². The van der Waals surface area contributed by atoms with E-state index in [4.69, 9.17) is 5.73 Å². The normalized spacial score (nSPS) is 22.5. The highest BCUT2D eigenvalue weighted by Gasteiger charge is 2.32. The van der Waals surface area contributed by atoms with E-state index in [1.165, 1.54) is 23.1 Å². The molecule has 1 aromatic carbocycles. The first-order valence-electron chi connectivity index (χ1n) is 6.54. The van der Waals surface area contributed by atoms with E-state index in [0.29, 0.717) is 0 Å². The molecular formula is C16H18N2. The molecule has 2 nitrogen and oxygen atoms in total. The number of aryl methyl sites for hydroxylation is 1. The van der Waals surface area contributed by atoms with Crippen molar-refractivity contribution in [3.05, 3.63) is 65.5 Å². The lowest BCUT2D eigenvalue weighted by molar-refractivity contribution is 0.369. The van der Waals surface area contributed by atoms with E-state index in [-0.39, 0.29) is 5.54 Å². The molecule has 3 rings (SSSR count). The van der Waals surface area contributed by atoms with Crippen LogP contribution < -0.4 is 5.73 Å². The summed E-state index contributed by atoms with van der Waals surface area (Å²) in [5.41, 5.74) is 10.4. The van der Waals surface area contributed by atoms with Gasteiger partial charge in [-0.25, -0.2) is 0 Å². The average molecular weight is 238 g/mol. The molecule has 2 heteroatoms. The minimum atomic E-state index is -0.224. The maximum absolute atomic E-state index is 6.67. The van der Waals surface area contributed by atoms with Crippen molar-refractivity contribution in [2.24, 2.45) is 5.73 Å². The van der Waals surface area contributed by atoms with E-state index in [9.17, 15) is 0 Å². The topological polar surface area (TPSA) is 38.9 Å². The zero-order chi connectivity index (χ0) is 12.4. The van der Waals surface area contributed by atoms with Gasteiger partial charge in [-0.3, -0.25) is 4.98 Å². The third kappa shape index (κ3) is 2.04. The summed E-state index contributed by atoms with van der Waals surface area (Å²) in [4.78, 5) is 4.18. The second kappa shape index (κ2) is 4.54. The third-order valence-electron chi connectivity index (χ3n) is 3.87. The molecule has 0 fully saturated rings. The fourth-order valence-electron chi connectivity index (χ4n) is 3.00.